The van der Waals surface area contributed by atoms with E-state index >= 15 is 0 Å². The van der Waals surface area contributed by atoms with E-state index in [1.165, 1.54) is 4.90 Å². The predicted molar refractivity (Wildman–Crippen MR) is 163 cm³/mol. The molecule has 0 bridgehead atoms. The smallest absolute Gasteiger partial charge is 0.318 e. The minimum Gasteiger partial charge on any atom is -0.462 e. The summed E-state index contributed by atoms with van der Waals surface area (Å²) in [5.74, 6) is -1.14. The fourth-order valence-corrected chi connectivity index (χ4v) is 6.73. The van der Waals surface area contributed by atoms with Crippen LogP contribution in [0.15, 0.2) is 48.8 Å². The normalized spacial score (nSPS) is 22.3. The van der Waals surface area contributed by atoms with E-state index in [1.807, 2.05) is 41.3 Å². The highest BCUT2D eigenvalue weighted by Crippen LogP contribution is 2.39. The van der Waals surface area contributed by atoms with Crippen LogP contribution in [0.5, 0.6) is 6.01 Å². The van der Waals surface area contributed by atoms with Gasteiger partial charge >= 0.3 is 6.01 Å². The standard InChI is InChI=1S/C32H34ClFN6O3/c1-20(34)31(41)40-14-13-39(17-23(40)16-35-2)30-25-19-42-28(24-10-4-7-21-8-5-11-26(33)29(21)24)15-27(25)36-32(37-30)43-18-22-9-6-12-38(22)3/h4-5,7-8,10-11,22-23,28H,1,6,9,12-19H2,3H3/t22-,23+,28+/m1/s1. The molecule has 3 aliphatic rings. The van der Waals surface area contributed by atoms with E-state index in [1.54, 1.807) is 0 Å². The van der Waals surface area contributed by atoms with Crippen LogP contribution in [-0.4, -0.2) is 84.1 Å². The number of amides is 1. The van der Waals surface area contributed by atoms with Crippen LogP contribution >= 0.6 is 11.6 Å². The number of nitrogens with zero attached hydrogens (tertiary/aromatic N) is 6. The summed E-state index contributed by atoms with van der Waals surface area (Å²) in [7, 11) is 2.10. The lowest BCUT2D eigenvalue weighted by atomic mass is 9.94. The molecule has 0 unspecified atom stereocenters. The molecular weight excluding hydrogens is 571 g/mol. The Morgan fingerprint density at radius 2 is 2.02 bits per heavy atom. The summed E-state index contributed by atoms with van der Waals surface area (Å²) in [4.78, 5) is 31.5. The Bertz CT molecular complexity index is 1590. The number of aromatic nitrogens is 2. The first-order chi connectivity index (χ1) is 20.8. The molecule has 4 heterocycles. The van der Waals surface area contributed by atoms with Crippen molar-refractivity contribution in [2.45, 2.75) is 44.1 Å². The fourth-order valence-electron chi connectivity index (χ4n) is 6.44. The zero-order valence-corrected chi connectivity index (χ0v) is 24.9. The van der Waals surface area contributed by atoms with Crippen LogP contribution in [0.3, 0.4) is 0 Å². The van der Waals surface area contributed by atoms with Crippen molar-refractivity contribution in [1.82, 2.24) is 19.8 Å². The molecule has 224 valence electrons. The molecule has 2 saturated heterocycles. The Balaban J connectivity index is 1.34. The molecule has 2 aromatic carbocycles. The van der Waals surface area contributed by atoms with Gasteiger partial charge in [0.15, 0.2) is 5.83 Å². The number of anilines is 1. The number of hydrogen-bond acceptors (Lipinski definition) is 7. The Labute approximate surface area is 255 Å². The molecule has 1 amide bonds. The Hall–Kier alpha value is -3.78. The number of hydrogen-bond donors (Lipinski definition) is 0. The van der Waals surface area contributed by atoms with Crippen molar-refractivity contribution in [3.05, 3.63) is 82.1 Å². The van der Waals surface area contributed by atoms with Crippen LogP contribution in [0.4, 0.5) is 10.2 Å². The van der Waals surface area contributed by atoms with E-state index in [9.17, 15) is 9.18 Å². The van der Waals surface area contributed by atoms with Crippen molar-refractivity contribution in [2.24, 2.45) is 0 Å². The third kappa shape index (κ3) is 5.90. The Kier molecular flexibility index (Phi) is 8.48. The highest BCUT2D eigenvalue weighted by Gasteiger charge is 2.37. The number of fused-ring (bicyclic) bond motifs is 2. The molecule has 11 heteroatoms. The minimum absolute atomic E-state index is 0.0422. The summed E-state index contributed by atoms with van der Waals surface area (Å²) >= 11 is 6.65. The Morgan fingerprint density at radius 3 is 2.77 bits per heavy atom. The summed E-state index contributed by atoms with van der Waals surface area (Å²) in [6, 6.07) is 12.0. The average Bonchev–Trinajstić information content (AvgIpc) is 3.43. The number of ether oxygens (including phenoxy) is 2. The first-order valence-corrected chi connectivity index (χ1v) is 15.0. The van der Waals surface area contributed by atoms with Gasteiger partial charge in [0.1, 0.15) is 18.5 Å². The fraction of sp³-hybridized carbons (Fsp3) is 0.438. The topological polar surface area (TPSA) is 75.4 Å². The molecule has 3 aromatic rings. The lowest BCUT2D eigenvalue weighted by molar-refractivity contribution is -0.131. The summed E-state index contributed by atoms with van der Waals surface area (Å²) in [6.07, 6.45) is 2.41. The van der Waals surface area contributed by atoms with Crippen LogP contribution in [-0.2, 0) is 22.6 Å². The first kappa shape index (κ1) is 29.3. The van der Waals surface area contributed by atoms with Crippen molar-refractivity contribution < 1.29 is 18.7 Å². The van der Waals surface area contributed by atoms with Crippen LogP contribution < -0.4 is 9.64 Å². The molecule has 1 aromatic heterocycles. The number of rotatable bonds is 7. The van der Waals surface area contributed by atoms with Crippen molar-refractivity contribution in [3.63, 3.8) is 0 Å². The van der Waals surface area contributed by atoms with Crippen LogP contribution in [0, 0.1) is 6.57 Å². The summed E-state index contributed by atoms with van der Waals surface area (Å²) < 4.78 is 26.5. The monoisotopic (exact) mass is 604 g/mol. The second kappa shape index (κ2) is 12.4. The average molecular weight is 605 g/mol. The molecule has 0 N–H and O–H groups in total. The number of piperazine rings is 1. The van der Waals surface area contributed by atoms with Gasteiger partial charge in [0, 0.05) is 48.1 Å². The third-order valence-electron chi connectivity index (χ3n) is 8.74. The van der Waals surface area contributed by atoms with Gasteiger partial charge in [-0.2, -0.15) is 9.97 Å². The van der Waals surface area contributed by atoms with Gasteiger partial charge in [-0.05, 0) is 43.5 Å². The third-order valence-corrected chi connectivity index (χ3v) is 9.06. The van der Waals surface area contributed by atoms with Gasteiger partial charge in [-0.3, -0.25) is 4.79 Å². The van der Waals surface area contributed by atoms with Crippen molar-refractivity contribution >= 4 is 34.1 Å². The van der Waals surface area contributed by atoms with Crippen molar-refractivity contribution in [3.8, 4) is 6.01 Å². The summed E-state index contributed by atoms with van der Waals surface area (Å²) in [5.41, 5.74) is 2.68. The van der Waals surface area contributed by atoms with Gasteiger partial charge in [0.05, 0.1) is 18.4 Å². The molecule has 0 aliphatic carbocycles. The maximum atomic E-state index is 13.8. The van der Waals surface area contributed by atoms with Crippen LogP contribution in [0.25, 0.3) is 15.6 Å². The second-order valence-electron chi connectivity index (χ2n) is 11.4. The maximum Gasteiger partial charge on any atom is 0.318 e. The Morgan fingerprint density at radius 1 is 1.21 bits per heavy atom. The van der Waals surface area contributed by atoms with Gasteiger partial charge in [-0.15, -0.1) is 0 Å². The van der Waals surface area contributed by atoms with Gasteiger partial charge in [-0.1, -0.05) is 48.5 Å². The van der Waals surface area contributed by atoms with Crippen molar-refractivity contribution in [1.29, 1.82) is 0 Å². The van der Waals surface area contributed by atoms with Gasteiger partial charge in [0.2, 0.25) is 6.54 Å². The molecular formula is C32H34ClFN6O3. The summed E-state index contributed by atoms with van der Waals surface area (Å²) in [6.45, 7) is 13.4. The maximum absolute atomic E-state index is 13.8. The van der Waals surface area contributed by atoms with E-state index < -0.39 is 17.8 Å². The number of likely N-dealkylation sites (tertiary alicyclic amines) is 1. The van der Waals surface area contributed by atoms with Crippen LogP contribution in [0.1, 0.15) is 35.8 Å². The zero-order chi connectivity index (χ0) is 30.1. The minimum atomic E-state index is -1.02. The lowest BCUT2D eigenvalue weighted by Gasteiger charge is -2.40. The van der Waals surface area contributed by atoms with Gasteiger partial charge in [0.25, 0.3) is 5.91 Å². The van der Waals surface area contributed by atoms with Crippen LogP contribution in [0.2, 0.25) is 5.02 Å². The number of likely N-dealkylation sites (N-methyl/N-ethyl adjacent to an activating group) is 1. The SMILES string of the molecule is [C-]#[N+]C[C@H]1CN(c2nc(OC[C@H]3CCCN3C)nc3c2CO[C@H](c2cccc4cccc(Cl)c24)C3)CCN1C(=O)C(=C)F. The van der Waals surface area contributed by atoms with E-state index in [-0.39, 0.29) is 25.8 Å². The van der Waals surface area contributed by atoms with E-state index in [0.717, 1.165) is 47.0 Å². The predicted octanol–water partition coefficient (Wildman–Crippen LogP) is 4.99. The molecule has 0 saturated carbocycles. The molecule has 3 atom stereocenters. The van der Waals surface area contributed by atoms with Crippen molar-refractivity contribution in [2.75, 3.05) is 51.3 Å². The molecule has 2 fully saturated rings. The number of halogens is 2. The van der Waals surface area contributed by atoms with E-state index in [4.69, 9.17) is 37.6 Å². The molecule has 9 nitrogen and oxygen atoms in total. The largest absolute Gasteiger partial charge is 0.462 e. The van der Waals surface area contributed by atoms with E-state index in [0.29, 0.717) is 49.0 Å². The van der Waals surface area contributed by atoms with Gasteiger partial charge in [-0.25, -0.2) is 11.0 Å². The quantitative estimate of drug-likeness (QED) is 0.278. The zero-order valence-electron chi connectivity index (χ0n) is 24.1. The molecule has 43 heavy (non-hydrogen) atoms. The van der Waals surface area contributed by atoms with E-state index in [2.05, 4.69) is 23.4 Å². The molecule has 3 aliphatic heterocycles. The van der Waals surface area contributed by atoms with Gasteiger partial charge < -0.3 is 29.0 Å². The molecule has 0 spiro atoms. The highest BCUT2D eigenvalue weighted by molar-refractivity contribution is 6.35. The number of carbonyl (C=O) groups excluding carboxylic acids is 1. The number of carbonyl (C=O) groups is 1. The molecule has 6 rings (SSSR count). The molecule has 0 radical (unpaired) electrons. The second-order valence-corrected chi connectivity index (χ2v) is 11.8. The first-order valence-electron chi connectivity index (χ1n) is 14.6. The highest BCUT2D eigenvalue weighted by atomic mass is 35.5. The number of benzene rings is 2. The lowest BCUT2D eigenvalue weighted by Crippen LogP contribution is -2.57. The summed E-state index contributed by atoms with van der Waals surface area (Å²) in [5, 5.41) is 2.68.